The van der Waals surface area contributed by atoms with Crippen molar-refractivity contribution in [2.45, 2.75) is 181 Å². The second-order valence-corrected chi connectivity index (χ2v) is 18.7. The maximum absolute atomic E-state index is 14.2. The van der Waals surface area contributed by atoms with Crippen molar-refractivity contribution >= 4 is 23.4 Å². The highest BCUT2D eigenvalue weighted by atomic mass is 16.6. The molecule has 3 fully saturated rings. The SMILES string of the molecule is CC/C(C)=C/C=C/C=C/[C@@H](C)CC(C)C(=O)CC(O)/C(C)=C/CCC[C@H](OC(=O)C1CCCCN1C(=O)C(=O)C1(O)OCCCC1C)[C@H](C)CC1CCC(n2cnnn2)C(OC)C1. The molecule has 11 atom stereocenters. The lowest BCUT2D eigenvalue weighted by atomic mass is 9.78. The van der Waals surface area contributed by atoms with E-state index in [9.17, 15) is 29.4 Å². The number of methoxy groups -OCH3 is 1. The molecule has 1 amide bonds. The van der Waals surface area contributed by atoms with Gasteiger partial charge in [0.15, 0.2) is 0 Å². The van der Waals surface area contributed by atoms with Crippen LogP contribution >= 0.6 is 0 Å². The number of hydrogen-bond acceptors (Lipinski definition) is 12. The second-order valence-electron chi connectivity index (χ2n) is 18.7. The zero-order valence-electron chi connectivity index (χ0n) is 39.3. The van der Waals surface area contributed by atoms with Crippen LogP contribution < -0.4 is 0 Å². The minimum Gasteiger partial charge on any atom is -0.461 e. The highest BCUT2D eigenvalue weighted by Crippen LogP contribution is 2.38. The maximum atomic E-state index is 14.2. The van der Waals surface area contributed by atoms with Crippen LogP contribution in [0.2, 0.25) is 0 Å². The number of hydrogen-bond donors (Lipinski definition) is 2. The number of carbonyl (C=O) groups is 4. The fourth-order valence-electron chi connectivity index (χ4n) is 9.36. The van der Waals surface area contributed by atoms with Gasteiger partial charge in [0.25, 0.3) is 11.7 Å². The minimum atomic E-state index is -2.22. The normalized spacial score (nSPS) is 27.5. The van der Waals surface area contributed by atoms with E-state index in [0.717, 1.165) is 37.7 Å². The molecule has 0 aromatic carbocycles. The van der Waals surface area contributed by atoms with Gasteiger partial charge in [0.2, 0.25) is 5.79 Å². The zero-order valence-corrected chi connectivity index (χ0v) is 39.3. The lowest BCUT2D eigenvalue weighted by molar-refractivity contribution is -0.241. The Bertz CT molecular complexity index is 1740. The third kappa shape index (κ3) is 15.1. The number of nitrogens with zero attached hydrogens (tertiary/aromatic N) is 5. The summed E-state index contributed by atoms with van der Waals surface area (Å²) >= 11 is 0. The summed E-state index contributed by atoms with van der Waals surface area (Å²) in [6.07, 6.45) is 22.2. The van der Waals surface area contributed by atoms with Crippen LogP contribution in [0.5, 0.6) is 0 Å². The van der Waals surface area contributed by atoms with Crippen molar-refractivity contribution < 1.29 is 43.6 Å². The van der Waals surface area contributed by atoms with Crippen molar-refractivity contribution in [3.63, 3.8) is 0 Å². The number of aliphatic hydroxyl groups excluding tert-OH is 1. The van der Waals surface area contributed by atoms with Crippen LogP contribution in [0.1, 0.15) is 151 Å². The van der Waals surface area contributed by atoms with E-state index in [2.05, 4.69) is 55.4 Å². The summed E-state index contributed by atoms with van der Waals surface area (Å²) < 4.78 is 19.5. The van der Waals surface area contributed by atoms with E-state index in [1.165, 1.54) is 10.5 Å². The van der Waals surface area contributed by atoms with Gasteiger partial charge in [-0.2, -0.15) is 0 Å². The second kappa shape index (κ2) is 25.6. The number of unbranched alkanes of at least 4 members (excludes halogenated alkanes) is 1. The van der Waals surface area contributed by atoms with Gasteiger partial charge in [-0.1, -0.05) is 76.6 Å². The number of tetrazole rings is 1. The first-order valence-electron chi connectivity index (χ1n) is 23.6. The fraction of sp³-hybridized carbons (Fsp3) is 0.735. The van der Waals surface area contributed by atoms with E-state index < -0.39 is 47.6 Å². The molecule has 14 nitrogen and oxygen atoms in total. The Morgan fingerprint density at radius 1 is 1.03 bits per heavy atom. The number of ketones is 2. The monoisotopic (exact) mass is 880 g/mol. The number of piperidine rings is 1. The highest BCUT2D eigenvalue weighted by Gasteiger charge is 2.51. The molecule has 2 aliphatic heterocycles. The third-order valence-corrected chi connectivity index (χ3v) is 13.8. The van der Waals surface area contributed by atoms with Gasteiger partial charge >= 0.3 is 5.97 Å². The smallest absolute Gasteiger partial charge is 0.329 e. The molecule has 3 heterocycles. The minimum absolute atomic E-state index is 0.0300. The molecular weight excluding hydrogens is 803 g/mol. The zero-order chi connectivity index (χ0) is 46.1. The third-order valence-electron chi connectivity index (χ3n) is 13.8. The molecule has 1 aliphatic carbocycles. The molecule has 1 saturated carbocycles. The van der Waals surface area contributed by atoms with Crippen LogP contribution in [0.3, 0.4) is 0 Å². The number of aliphatic hydroxyl groups is 2. The van der Waals surface area contributed by atoms with Crippen molar-refractivity contribution in [1.29, 1.82) is 0 Å². The number of esters is 1. The Morgan fingerprint density at radius 3 is 2.51 bits per heavy atom. The largest absolute Gasteiger partial charge is 0.461 e. The van der Waals surface area contributed by atoms with Crippen LogP contribution in [0.4, 0.5) is 0 Å². The fourth-order valence-corrected chi connectivity index (χ4v) is 9.36. The van der Waals surface area contributed by atoms with E-state index >= 15 is 0 Å². The van der Waals surface area contributed by atoms with Gasteiger partial charge in [0, 0.05) is 31.9 Å². The van der Waals surface area contributed by atoms with E-state index in [4.69, 9.17) is 14.2 Å². The predicted octanol–water partition coefficient (Wildman–Crippen LogP) is 7.62. The average Bonchev–Trinajstić information content (AvgIpc) is 3.82. The Morgan fingerprint density at radius 2 is 1.81 bits per heavy atom. The summed E-state index contributed by atoms with van der Waals surface area (Å²) in [7, 11) is 1.70. The highest BCUT2D eigenvalue weighted by molar-refractivity contribution is 6.39. The van der Waals surface area contributed by atoms with Crippen molar-refractivity contribution in [1.82, 2.24) is 25.1 Å². The summed E-state index contributed by atoms with van der Waals surface area (Å²) in [5, 5.41) is 33.9. The lowest BCUT2D eigenvalue weighted by Crippen LogP contribution is -2.59. The first kappa shape index (κ1) is 51.8. The standard InChI is InChI=1S/C49H77N5O9/c1-9-33(2)18-11-10-12-19-34(3)28-36(5)43(56)31-42(55)35(4)20-13-14-23-44(37(6)29-39-24-25-40(45(30-39)61-8)54-32-50-51-52-54)63-48(59)41-22-15-16-26-53(41)47(58)46(57)49(60)38(7)21-17-27-62-49/h10-12,18-20,32,34,36-42,44-45,55,60H,9,13-17,21-31H2,1-8H3/b11-10+,19-12+,33-18+,35-20+/t34-,36?,37-,38?,39?,40?,41?,42?,44+,45?,49?/m1/s1. The summed E-state index contributed by atoms with van der Waals surface area (Å²) in [6, 6.07) is -0.926. The van der Waals surface area contributed by atoms with Gasteiger partial charge in [0.05, 0.1) is 24.9 Å². The van der Waals surface area contributed by atoms with E-state index in [1.807, 2.05) is 38.2 Å². The van der Waals surface area contributed by atoms with Crippen LogP contribution in [0, 0.1) is 29.6 Å². The average molecular weight is 880 g/mol. The van der Waals surface area contributed by atoms with Gasteiger partial charge in [-0.25, -0.2) is 9.48 Å². The van der Waals surface area contributed by atoms with Gasteiger partial charge in [0.1, 0.15) is 24.3 Å². The van der Waals surface area contributed by atoms with Crippen molar-refractivity contribution in [2.75, 3.05) is 20.3 Å². The molecule has 0 bridgehead atoms. The van der Waals surface area contributed by atoms with E-state index in [-0.39, 0.29) is 55.3 Å². The molecule has 0 spiro atoms. The number of likely N-dealkylation sites (tertiary alicyclic amines) is 1. The Kier molecular flexibility index (Phi) is 21.0. The first-order valence-corrected chi connectivity index (χ1v) is 23.6. The molecule has 2 saturated heterocycles. The predicted molar refractivity (Wildman–Crippen MR) is 241 cm³/mol. The number of rotatable bonds is 23. The molecule has 1 aromatic rings. The van der Waals surface area contributed by atoms with E-state index in [0.29, 0.717) is 63.7 Å². The molecular formula is C49H77N5O9. The van der Waals surface area contributed by atoms with Gasteiger partial charge in [-0.05, 0) is 137 Å². The molecule has 2 N–H and O–H groups in total. The molecule has 4 rings (SSSR count). The van der Waals surface area contributed by atoms with Gasteiger partial charge < -0.3 is 29.3 Å². The van der Waals surface area contributed by atoms with Crippen LogP contribution in [-0.4, -0.2) is 109 Å². The number of carbonyl (C=O) groups excluding carboxylic acids is 4. The molecule has 0 radical (unpaired) electrons. The number of Topliss-reactive ketones (excluding diaryl/α,β-unsaturated/α-hetero) is 2. The topological polar surface area (TPSA) is 183 Å². The molecule has 1 aromatic heterocycles. The first-order chi connectivity index (χ1) is 30.1. The lowest BCUT2D eigenvalue weighted by Gasteiger charge is -2.40. The number of aromatic nitrogens is 4. The summed E-state index contributed by atoms with van der Waals surface area (Å²) in [6.45, 7) is 14.3. The van der Waals surface area contributed by atoms with Crippen molar-refractivity contribution in [3.05, 3.63) is 53.9 Å². The number of amides is 1. The van der Waals surface area contributed by atoms with Crippen molar-refractivity contribution in [2.24, 2.45) is 29.6 Å². The Balaban J connectivity index is 1.39. The Hall–Kier alpha value is -3.85. The summed E-state index contributed by atoms with van der Waals surface area (Å²) in [5.41, 5.74) is 2.05. The number of ether oxygens (including phenoxy) is 3. The van der Waals surface area contributed by atoms with Crippen LogP contribution in [0.25, 0.3) is 0 Å². The molecule has 8 unspecified atom stereocenters. The molecule has 3 aliphatic rings. The maximum Gasteiger partial charge on any atom is 0.329 e. The van der Waals surface area contributed by atoms with Crippen LogP contribution in [0.15, 0.2) is 53.9 Å². The summed E-state index contributed by atoms with van der Waals surface area (Å²) in [5.74, 6) is -4.97. The van der Waals surface area contributed by atoms with Gasteiger partial charge in [-0.3, -0.25) is 14.4 Å². The Labute approximate surface area is 375 Å². The molecule has 63 heavy (non-hydrogen) atoms. The quantitative estimate of drug-likeness (QED) is 0.0361. The van der Waals surface area contributed by atoms with Crippen LogP contribution in [-0.2, 0) is 33.4 Å². The molecule has 14 heteroatoms. The van der Waals surface area contributed by atoms with E-state index in [1.54, 1.807) is 25.0 Å². The van der Waals surface area contributed by atoms with Gasteiger partial charge in [-0.15, -0.1) is 5.10 Å². The number of allylic oxidation sites excluding steroid dienone is 7. The summed E-state index contributed by atoms with van der Waals surface area (Å²) in [4.78, 5) is 55.8. The van der Waals surface area contributed by atoms with Crippen molar-refractivity contribution in [3.8, 4) is 0 Å². The molecule has 352 valence electrons.